The maximum Gasteiger partial charge on any atom is 0.224 e. The summed E-state index contributed by atoms with van der Waals surface area (Å²) in [5, 5.41) is 0.773. The highest BCUT2D eigenvalue weighted by Crippen LogP contribution is 2.39. The van der Waals surface area contributed by atoms with Crippen LogP contribution in [-0.4, -0.2) is 28.3 Å². The Labute approximate surface area is 158 Å². The molecule has 8 heteroatoms. The Morgan fingerprint density at radius 3 is 2.40 bits per heavy atom. The van der Waals surface area contributed by atoms with Crippen LogP contribution in [0.4, 0.5) is 0 Å². The van der Waals surface area contributed by atoms with Gasteiger partial charge < -0.3 is 4.74 Å². The quantitative estimate of drug-likeness (QED) is 0.461. The highest BCUT2D eigenvalue weighted by atomic mass is 35.5. The molecule has 0 aliphatic carbocycles. The van der Waals surface area contributed by atoms with Gasteiger partial charge in [0.15, 0.2) is 6.29 Å². The Kier molecular flexibility index (Phi) is 5.18. The summed E-state index contributed by atoms with van der Waals surface area (Å²) in [5.74, 6) is 0.215. The summed E-state index contributed by atoms with van der Waals surface area (Å²) in [5.41, 5.74) is 2.51. The molecule has 5 nitrogen and oxygen atoms in total. The average Bonchev–Trinajstić information content (AvgIpc) is 2.64. The topological polar surface area (TPSA) is 65.0 Å². The molecule has 3 aromatic heterocycles. The van der Waals surface area contributed by atoms with Crippen molar-refractivity contribution in [1.29, 1.82) is 0 Å². The minimum Gasteiger partial charge on any atom is -0.480 e. The fourth-order valence-electron chi connectivity index (χ4n) is 2.28. The van der Waals surface area contributed by atoms with Crippen LogP contribution < -0.4 is 4.74 Å². The fourth-order valence-corrected chi connectivity index (χ4v) is 2.95. The molecule has 0 fully saturated rings. The molecular weight excluding hydrogens is 385 g/mol. The fraction of sp³-hybridized carbons (Fsp3) is 0.0588. The summed E-state index contributed by atoms with van der Waals surface area (Å²) in [4.78, 5) is 23.6. The van der Waals surface area contributed by atoms with Gasteiger partial charge in [-0.15, -0.1) is 0 Å². The van der Waals surface area contributed by atoms with Gasteiger partial charge in [0.1, 0.15) is 5.15 Å². The summed E-state index contributed by atoms with van der Waals surface area (Å²) < 4.78 is 5.14. The number of ether oxygens (including phenoxy) is 1. The van der Waals surface area contributed by atoms with Crippen LogP contribution in [0.3, 0.4) is 0 Å². The van der Waals surface area contributed by atoms with Crippen molar-refractivity contribution < 1.29 is 9.53 Å². The third-order valence-corrected chi connectivity index (χ3v) is 4.63. The van der Waals surface area contributed by atoms with Crippen molar-refractivity contribution in [3.63, 3.8) is 0 Å². The lowest BCUT2D eigenvalue weighted by atomic mass is 10.1. The van der Waals surface area contributed by atoms with Crippen LogP contribution in [0.15, 0.2) is 36.7 Å². The second-order valence-electron chi connectivity index (χ2n) is 4.90. The summed E-state index contributed by atoms with van der Waals surface area (Å²) >= 11 is 18.7. The number of methoxy groups -OCH3 is 1. The Hall–Kier alpha value is -2.21. The van der Waals surface area contributed by atoms with E-state index in [2.05, 4.69) is 15.0 Å². The molecule has 126 valence electrons. The minimum atomic E-state index is 0.164. The van der Waals surface area contributed by atoms with Gasteiger partial charge in [0.25, 0.3) is 0 Å². The number of pyridine rings is 3. The van der Waals surface area contributed by atoms with Crippen molar-refractivity contribution in [2.75, 3.05) is 7.11 Å². The van der Waals surface area contributed by atoms with E-state index in [4.69, 9.17) is 39.5 Å². The zero-order valence-corrected chi connectivity index (χ0v) is 15.1. The SMILES string of the molecule is COc1nc(-c2ccnc(-c3ccnc(Cl)c3Cl)c2Cl)ccc1C=O. The predicted molar refractivity (Wildman–Crippen MR) is 97.7 cm³/mol. The number of carbonyl (C=O) groups is 1. The molecule has 3 aromatic rings. The molecule has 3 rings (SSSR count). The second-order valence-corrected chi connectivity index (χ2v) is 6.01. The number of hydrogen-bond acceptors (Lipinski definition) is 5. The van der Waals surface area contributed by atoms with Crippen molar-refractivity contribution >= 4 is 41.1 Å². The molecule has 0 saturated heterocycles. The number of hydrogen-bond donors (Lipinski definition) is 0. The summed E-state index contributed by atoms with van der Waals surface area (Å²) in [6.07, 6.45) is 3.78. The molecule has 0 bridgehead atoms. The number of rotatable bonds is 4. The van der Waals surface area contributed by atoms with Crippen LogP contribution >= 0.6 is 34.8 Å². The van der Waals surface area contributed by atoms with E-state index in [9.17, 15) is 4.79 Å². The maximum absolute atomic E-state index is 11.0. The lowest BCUT2D eigenvalue weighted by Crippen LogP contribution is -1.97. The molecule has 0 saturated carbocycles. The monoisotopic (exact) mass is 393 g/mol. The average molecular weight is 395 g/mol. The van der Waals surface area contributed by atoms with Gasteiger partial charge in [-0.1, -0.05) is 34.8 Å². The van der Waals surface area contributed by atoms with Gasteiger partial charge >= 0.3 is 0 Å². The first-order valence-corrected chi connectivity index (χ1v) is 8.15. The lowest BCUT2D eigenvalue weighted by Gasteiger charge is -2.11. The highest BCUT2D eigenvalue weighted by Gasteiger charge is 2.17. The molecule has 0 atom stereocenters. The summed E-state index contributed by atoms with van der Waals surface area (Å²) in [7, 11) is 1.44. The standard InChI is InChI=1S/C17H10Cl3N3O2/c1-25-17-9(8-24)2-3-12(23-17)10-4-6-21-15(13(10)18)11-5-7-22-16(20)14(11)19/h2-8H,1H3. The van der Waals surface area contributed by atoms with Crippen molar-refractivity contribution in [3.8, 4) is 28.4 Å². The van der Waals surface area contributed by atoms with Crippen molar-refractivity contribution in [3.05, 3.63) is 57.4 Å². The van der Waals surface area contributed by atoms with E-state index < -0.39 is 0 Å². The van der Waals surface area contributed by atoms with Crippen LogP contribution in [0, 0.1) is 0 Å². The molecule has 0 radical (unpaired) electrons. The Bertz CT molecular complexity index is 964. The maximum atomic E-state index is 11.0. The van der Waals surface area contributed by atoms with Gasteiger partial charge in [-0.25, -0.2) is 9.97 Å². The number of aromatic nitrogens is 3. The smallest absolute Gasteiger partial charge is 0.224 e. The molecule has 0 N–H and O–H groups in total. The third kappa shape index (κ3) is 3.31. The van der Waals surface area contributed by atoms with Crippen LogP contribution in [0.5, 0.6) is 5.88 Å². The first-order chi connectivity index (χ1) is 12.1. The van der Waals surface area contributed by atoms with Gasteiger partial charge in [-0.3, -0.25) is 9.78 Å². The second kappa shape index (κ2) is 7.35. The zero-order chi connectivity index (χ0) is 18.0. The molecule has 0 aliphatic rings. The summed E-state index contributed by atoms with van der Waals surface area (Å²) in [6.45, 7) is 0. The van der Waals surface area contributed by atoms with E-state index >= 15 is 0 Å². The predicted octanol–water partition coefficient (Wildman–Crippen LogP) is 4.99. The molecule has 3 heterocycles. The molecule has 0 aliphatic heterocycles. The van der Waals surface area contributed by atoms with Gasteiger partial charge in [0.2, 0.25) is 5.88 Å². The van der Waals surface area contributed by atoms with E-state index in [0.717, 1.165) is 0 Å². The Morgan fingerprint density at radius 2 is 1.68 bits per heavy atom. The minimum absolute atomic E-state index is 0.164. The van der Waals surface area contributed by atoms with E-state index in [0.29, 0.717) is 39.4 Å². The normalized spacial score (nSPS) is 10.6. The number of halogens is 3. The van der Waals surface area contributed by atoms with Crippen LogP contribution in [0.25, 0.3) is 22.5 Å². The Morgan fingerprint density at radius 1 is 0.960 bits per heavy atom. The van der Waals surface area contributed by atoms with Crippen LogP contribution in [0.1, 0.15) is 10.4 Å². The van der Waals surface area contributed by atoms with E-state index in [-0.39, 0.29) is 16.1 Å². The van der Waals surface area contributed by atoms with Crippen LogP contribution in [0.2, 0.25) is 15.2 Å². The van der Waals surface area contributed by atoms with Gasteiger partial charge in [0.05, 0.1) is 34.1 Å². The molecule has 25 heavy (non-hydrogen) atoms. The largest absolute Gasteiger partial charge is 0.480 e. The van der Waals surface area contributed by atoms with E-state index in [1.807, 2.05) is 0 Å². The third-order valence-electron chi connectivity index (χ3n) is 3.48. The summed E-state index contributed by atoms with van der Waals surface area (Å²) in [6, 6.07) is 6.68. The number of aldehydes is 1. The van der Waals surface area contributed by atoms with Crippen molar-refractivity contribution in [2.45, 2.75) is 0 Å². The van der Waals surface area contributed by atoms with Crippen molar-refractivity contribution in [1.82, 2.24) is 15.0 Å². The van der Waals surface area contributed by atoms with Gasteiger partial charge in [-0.2, -0.15) is 0 Å². The zero-order valence-electron chi connectivity index (χ0n) is 12.8. The number of carbonyl (C=O) groups excluding carboxylic acids is 1. The molecule has 0 unspecified atom stereocenters. The number of nitrogens with zero attached hydrogens (tertiary/aromatic N) is 3. The van der Waals surface area contributed by atoms with Gasteiger partial charge in [0, 0.05) is 23.5 Å². The lowest BCUT2D eigenvalue weighted by molar-refractivity contribution is 0.112. The highest BCUT2D eigenvalue weighted by molar-refractivity contribution is 6.43. The molecular formula is C17H10Cl3N3O2. The molecule has 0 amide bonds. The first kappa shape index (κ1) is 17.6. The van der Waals surface area contributed by atoms with Crippen LogP contribution in [-0.2, 0) is 0 Å². The Balaban J connectivity index is 2.17. The first-order valence-electron chi connectivity index (χ1n) is 7.02. The van der Waals surface area contributed by atoms with Gasteiger partial charge in [-0.05, 0) is 24.3 Å². The van der Waals surface area contributed by atoms with E-state index in [1.165, 1.54) is 13.3 Å². The molecule has 0 spiro atoms. The molecule has 0 aromatic carbocycles. The van der Waals surface area contributed by atoms with E-state index in [1.54, 1.807) is 30.5 Å². The van der Waals surface area contributed by atoms with Crippen molar-refractivity contribution in [2.24, 2.45) is 0 Å².